The highest BCUT2D eigenvalue weighted by Crippen LogP contribution is 2.21. The summed E-state index contributed by atoms with van der Waals surface area (Å²) in [7, 11) is 0. The van der Waals surface area contributed by atoms with Crippen molar-refractivity contribution < 1.29 is 4.74 Å². The first-order chi connectivity index (χ1) is 12.7. The van der Waals surface area contributed by atoms with Gasteiger partial charge in [0, 0.05) is 10.0 Å². The number of aromatic nitrogens is 3. The van der Waals surface area contributed by atoms with E-state index in [2.05, 4.69) is 26.0 Å². The van der Waals surface area contributed by atoms with Crippen LogP contribution in [0.2, 0.25) is 0 Å². The van der Waals surface area contributed by atoms with Crippen LogP contribution in [0.4, 0.5) is 0 Å². The maximum Gasteiger partial charge on any atom is 0.291 e. The fraction of sp³-hybridized carbons (Fsp3) is 0.105. The van der Waals surface area contributed by atoms with Gasteiger partial charge in [-0.15, -0.1) is 5.10 Å². The molecule has 0 atom stereocenters. The molecule has 0 spiro atoms. The van der Waals surface area contributed by atoms with Gasteiger partial charge in [-0.3, -0.25) is 4.79 Å². The van der Waals surface area contributed by atoms with E-state index in [9.17, 15) is 4.79 Å². The number of benzene rings is 2. The molecule has 0 saturated carbocycles. The van der Waals surface area contributed by atoms with Crippen molar-refractivity contribution in [1.29, 1.82) is 0 Å². The lowest BCUT2D eigenvalue weighted by atomic mass is 10.2. The molecule has 0 aliphatic heterocycles. The van der Waals surface area contributed by atoms with Crippen LogP contribution in [-0.2, 0) is 0 Å². The van der Waals surface area contributed by atoms with E-state index in [0.717, 1.165) is 21.3 Å². The predicted molar refractivity (Wildman–Crippen MR) is 107 cm³/mol. The van der Waals surface area contributed by atoms with E-state index in [4.69, 9.17) is 4.74 Å². The fourth-order valence-corrected chi connectivity index (χ4v) is 3.85. The van der Waals surface area contributed by atoms with Gasteiger partial charge in [0.15, 0.2) is 5.82 Å². The Morgan fingerprint density at radius 2 is 1.96 bits per heavy atom. The van der Waals surface area contributed by atoms with Crippen molar-refractivity contribution in [3.05, 3.63) is 73.5 Å². The quantitative estimate of drug-likeness (QED) is 0.499. The monoisotopic (exact) mass is 427 g/mol. The Hall–Kier alpha value is -2.51. The van der Waals surface area contributed by atoms with Gasteiger partial charge in [-0.25, -0.2) is 0 Å². The number of rotatable bonds is 4. The highest BCUT2D eigenvalue weighted by atomic mass is 79.9. The Kier molecular flexibility index (Phi) is 4.57. The van der Waals surface area contributed by atoms with Crippen LogP contribution in [0.3, 0.4) is 0 Å². The number of fused-ring (bicyclic) bond motifs is 1. The van der Waals surface area contributed by atoms with Crippen LogP contribution < -0.4 is 14.8 Å². The molecular weight excluding hydrogens is 414 g/mol. The summed E-state index contributed by atoms with van der Waals surface area (Å²) in [6.07, 6.45) is 1.85. The minimum atomic E-state index is -0.162. The summed E-state index contributed by atoms with van der Waals surface area (Å²) >= 11 is 4.82. The lowest BCUT2D eigenvalue weighted by molar-refractivity contribution is 0.340. The van der Waals surface area contributed by atoms with Crippen molar-refractivity contribution in [2.24, 2.45) is 0 Å². The molecule has 0 bridgehead atoms. The Labute approximate surface area is 161 Å². The fourth-order valence-electron chi connectivity index (χ4n) is 2.56. The molecule has 0 aliphatic carbocycles. The third kappa shape index (κ3) is 3.15. The molecule has 0 unspecified atom stereocenters. The third-order valence-corrected chi connectivity index (χ3v) is 5.48. The molecule has 4 aromatic rings. The Morgan fingerprint density at radius 1 is 1.19 bits per heavy atom. The number of nitrogens with zero attached hydrogens (tertiary/aromatic N) is 3. The van der Waals surface area contributed by atoms with E-state index in [1.54, 1.807) is 0 Å². The van der Waals surface area contributed by atoms with Crippen LogP contribution in [-0.4, -0.2) is 21.2 Å². The summed E-state index contributed by atoms with van der Waals surface area (Å²) in [5, 5.41) is 4.37. The minimum Gasteiger partial charge on any atom is -0.494 e. The summed E-state index contributed by atoms with van der Waals surface area (Å²) < 4.78 is 8.34. The molecule has 2 heterocycles. The van der Waals surface area contributed by atoms with Gasteiger partial charge in [0.25, 0.3) is 5.56 Å². The van der Waals surface area contributed by atoms with Gasteiger partial charge in [-0.05, 0) is 48.9 Å². The van der Waals surface area contributed by atoms with E-state index in [-0.39, 0.29) is 5.56 Å². The van der Waals surface area contributed by atoms with Crippen LogP contribution in [0.1, 0.15) is 12.5 Å². The second-order valence-electron chi connectivity index (χ2n) is 5.52. The van der Waals surface area contributed by atoms with Crippen molar-refractivity contribution in [2.75, 3.05) is 6.61 Å². The lowest BCUT2D eigenvalue weighted by Crippen LogP contribution is -2.23. The molecular formula is C19H14BrN3O2S. The van der Waals surface area contributed by atoms with E-state index in [1.807, 2.05) is 61.5 Å². The zero-order valence-corrected chi connectivity index (χ0v) is 16.3. The highest BCUT2D eigenvalue weighted by molar-refractivity contribution is 9.10. The van der Waals surface area contributed by atoms with Crippen LogP contribution in [0.25, 0.3) is 22.4 Å². The molecule has 0 aliphatic rings. The molecule has 0 radical (unpaired) electrons. The molecule has 4 rings (SSSR count). The third-order valence-electron chi connectivity index (χ3n) is 3.80. The van der Waals surface area contributed by atoms with Crippen molar-refractivity contribution in [2.45, 2.75) is 6.92 Å². The van der Waals surface area contributed by atoms with Gasteiger partial charge in [-0.1, -0.05) is 45.5 Å². The van der Waals surface area contributed by atoms with Gasteiger partial charge in [0.1, 0.15) is 5.75 Å². The highest BCUT2D eigenvalue weighted by Gasteiger charge is 2.12. The van der Waals surface area contributed by atoms with E-state index >= 15 is 0 Å². The van der Waals surface area contributed by atoms with E-state index in [0.29, 0.717) is 21.9 Å². The predicted octanol–water partition coefficient (Wildman–Crippen LogP) is 3.53. The molecule has 0 N–H and O–H groups in total. The first kappa shape index (κ1) is 16.9. The molecule has 0 amide bonds. The molecule has 2 aromatic heterocycles. The number of thiazole rings is 1. The van der Waals surface area contributed by atoms with Crippen LogP contribution in [0, 0.1) is 0 Å². The molecule has 26 heavy (non-hydrogen) atoms. The average molecular weight is 428 g/mol. The molecule has 2 aromatic carbocycles. The number of ether oxygens (including phenoxy) is 1. The SMILES string of the molecule is CCOc1ccc(-c2nc3sc(=Cc4ccccc4Br)c(=O)n3n2)cc1. The second kappa shape index (κ2) is 7.01. The van der Waals surface area contributed by atoms with Gasteiger partial charge < -0.3 is 4.74 Å². The molecule has 0 fully saturated rings. The average Bonchev–Trinajstić information content (AvgIpc) is 3.18. The first-order valence-electron chi connectivity index (χ1n) is 8.05. The smallest absolute Gasteiger partial charge is 0.291 e. The zero-order chi connectivity index (χ0) is 18.1. The minimum absolute atomic E-state index is 0.162. The van der Waals surface area contributed by atoms with Crippen molar-refractivity contribution in [3.63, 3.8) is 0 Å². The topological polar surface area (TPSA) is 56.5 Å². The summed E-state index contributed by atoms with van der Waals surface area (Å²) in [5.41, 5.74) is 1.63. The molecule has 0 saturated heterocycles. The molecule has 130 valence electrons. The van der Waals surface area contributed by atoms with E-state index < -0.39 is 0 Å². The van der Waals surface area contributed by atoms with Crippen LogP contribution >= 0.6 is 27.3 Å². The Balaban J connectivity index is 1.74. The summed E-state index contributed by atoms with van der Waals surface area (Å²) in [6, 6.07) is 15.3. The summed E-state index contributed by atoms with van der Waals surface area (Å²) in [4.78, 5) is 17.7. The number of hydrogen-bond donors (Lipinski definition) is 0. The van der Waals surface area contributed by atoms with Crippen LogP contribution in [0.15, 0.2) is 57.8 Å². The van der Waals surface area contributed by atoms with Gasteiger partial charge in [0.05, 0.1) is 11.1 Å². The van der Waals surface area contributed by atoms with Crippen molar-refractivity contribution in [3.8, 4) is 17.1 Å². The summed E-state index contributed by atoms with van der Waals surface area (Å²) in [6.45, 7) is 2.56. The Morgan fingerprint density at radius 3 is 2.65 bits per heavy atom. The van der Waals surface area contributed by atoms with Crippen molar-refractivity contribution >= 4 is 38.3 Å². The normalized spacial score (nSPS) is 12.0. The first-order valence-corrected chi connectivity index (χ1v) is 9.65. The lowest BCUT2D eigenvalue weighted by Gasteiger charge is -2.02. The molecule has 5 nitrogen and oxygen atoms in total. The second-order valence-corrected chi connectivity index (χ2v) is 7.39. The number of hydrogen-bond acceptors (Lipinski definition) is 5. The van der Waals surface area contributed by atoms with Crippen molar-refractivity contribution in [1.82, 2.24) is 14.6 Å². The Bertz CT molecular complexity index is 1180. The van der Waals surface area contributed by atoms with Crippen LogP contribution in [0.5, 0.6) is 5.75 Å². The maximum atomic E-state index is 12.6. The number of halogens is 1. The van der Waals surface area contributed by atoms with E-state index in [1.165, 1.54) is 15.9 Å². The van der Waals surface area contributed by atoms with Gasteiger partial charge >= 0.3 is 0 Å². The maximum absolute atomic E-state index is 12.6. The zero-order valence-electron chi connectivity index (χ0n) is 13.8. The van der Waals surface area contributed by atoms with Gasteiger partial charge in [0.2, 0.25) is 4.96 Å². The largest absolute Gasteiger partial charge is 0.494 e. The molecule has 7 heteroatoms. The van der Waals surface area contributed by atoms with Gasteiger partial charge in [-0.2, -0.15) is 9.50 Å². The standard InChI is InChI=1S/C19H14BrN3O2S/c1-2-25-14-9-7-12(8-10-14)17-21-19-23(22-17)18(24)16(26-19)11-13-5-3-4-6-15(13)20/h3-11H,2H2,1H3. The summed E-state index contributed by atoms with van der Waals surface area (Å²) in [5.74, 6) is 1.33.